The Bertz CT molecular complexity index is 871. The molecule has 0 atom stereocenters. The molecule has 0 aliphatic heterocycles. The predicted molar refractivity (Wildman–Crippen MR) is 84.8 cm³/mol. The van der Waals surface area contributed by atoms with Crippen LogP contribution in [0, 0.1) is 6.92 Å². The second-order valence-electron chi connectivity index (χ2n) is 4.75. The largest absolute Gasteiger partial charge is 0.451 e. The number of alkyl halides is 3. The van der Waals surface area contributed by atoms with Crippen molar-refractivity contribution in [3.63, 3.8) is 0 Å². The van der Waals surface area contributed by atoms with Gasteiger partial charge >= 0.3 is 6.18 Å². The van der Waals surface area contributed by atoms with Gasteiger partial charge in [-0.25, -0.2) is 9.97 Å². The van der Waals surface area contributed by atoms with Crippen LogP contribution in [0.5, 0.6) is 0 Å². The number of nitrogens with one attached hydrogen (secondary N) is 1. The summed E-state index contributed by atoms with van der Waals surface area (Å²) in [4.78, 5) is 8.03. The highest BCUT2D eigenvalue weighted by Crippen LogP contribution is 2.30. The van der Waals surface area contributed by atoms with Crippen molar-refractivity contribution >= 4 is 34.3 Å². The number of hydrogen-bond acceptors (Lipinski definition) is 5. The Balaban J connectivity index is 1.98. The second-order valence-corrected chi connectivity index (χ2v) is 5.70. The summed E-state index contributed by atoms with van der Waals surface area (Å²) in [5.41, 5.74) is 3.84. The van der Waals surface area contributed by atoms with E-state index in [4.69, 9.17) is 0 Å². The third-order valence-corrected chi connectivity index (χ3v) is 4.06. The normalized spacial score (nSPS) is 12.2. The van der Waals surface area contributed by atoms with Gasteiger partial charge in [0.15, 0.2) is 5.82 Å². The van der Waals surface area contributed by atoms with Gasteiger partial charge in [0.1, 0.15) is 0 Å². The molecule has 23 heavy (non-hydrogen) atoms. The molecule has 3 aromatic rings. The lowest BCUT2D eigenvalue weighted by atomic mass is 10.2. The lowest BCUT2D eigenvalue weighted by Crippen LogP contribution is -2.12. The Morgan fingerprint density at radius 1 is 1.17 bits per heavy atom. The summed E-state index contributed by atoms with van der Waals surface area (Å²) in [6.07, 6.45) is -3.06. The van der Waals surface area contributed by atoms with Crippen LogP contribution in [0.4, 0.5) is 19.0 Å². The number of aromatic nitrogens is 2. The highest BCUT2D eigenvalue weighted by molar-refractivity contribution is 7.11. The van der Waals surface area contributed by atoms with E-state index < -0.39 is 12.0 Å². The standard InChI is InChI=1S/C15H11F3N4S/c1-9-6-7-23-12(9)8-19-22-13-10-4-2-3-5-11(10)20-14(21-13)15(16,17)18/h2-8H,1H3,(H,20,21,22). The van der Waals surface area contributed by atoms with Crippen LogP contribution < -0.4 is 5.43 Å². The Morgan fingerprint density at radius 3 is 2.65 bits per heavy atom. The van der Waals surface area contributed by atoms with Crippen LogP contribution in [0.1, 0.15) is 16.3 Å². The van der Waals surface area contributed by atoms with Crippen molar-refractivity contribution in [2.75, 3.05) is 5.43 Å². The molecule has 1 N–H and O–H groups in total. The first-order valence-electron chi connectivity index (χ1n) is 6.62. The third-order valence-electron chi connectivity index (χ3n) is 3.11. The zero-order chi connectivity index (χ0) is 16.4. The zero-order valence-corrected chi connectivity index (χ0v) is 12.7. The number of fused-ring (bicyclic) bond motifs is 1. The van der Waals surface area contributed by atoms with Crippen LogP contribution in [0.3, 0.4) is 0 Å². The molecule has 118 valence electrons. The lowest BCUT2D eigenvalue weighted by Gasteiger charge is -2.09. The van der Waals surface area contributed by atoms with Gasteiger partial charge in [-0.3, -0.25) is 5.43 Å². The van der Waals surface area contributed by atoms with E-state index in [1.54, 1.807) is 24.4 Å². The number of halogens is 3. The van der Waals surface area contributed by atoms with Crippen molar-refractivity contribution in [1.29, 1.82) is 0 Å². The zero-order valence-electron chi connectivity index (χ0n) is 11.9. The van der Waals surface area contributed by atoms with E-state index in [0.29, 0.717) is 5.39 Å². The van der Waals surface area contributed by atoms with E-state index in [2.05, 4.69) is 20.5 Å². The molecule has 0 radical (unpaired) electrons. The maximum atomic E-state index is 12.9. The van der Waals surface area contributed by atoms with Gasteiger partial charge in [0.2, 0.25) is 5.82 Å². The summed E-state index contributed by atoms with van der Waals surface area (Å²) < 4.78 is 38.7. The Hall–Kier alpha value is -2.48. The Kier molecular flexibility index (Phi) is 3.99. The first-order chi connectivity index (χ1) is 10.9. The number of benzene rings is 1. The topological polar surface area (TPSA) is 50.2 Å². The van der Waals surface area contributed by atoms with Gasteiger partial charge in [0.25, 0.3) is 0 Å². The molecule has 0 amide bonds. The fourth-order valence-electron chi connectivity index (χ4n) is 1.96. The van der Waals surface area contributed by atoms with E-state index >= 15 is 0 Å². The highest BCUT2D eigenvalue weighted by atomic mass is 32.1. The van der Waals surface area contributed by atoms with Crippen LogP contribution in [-0.2, 0) is 6.18 Å². The number of thiophene rings is 1. The van der Waals surface area contributed by atoms with E-state index in [1.165, 1.54) is 17.4 Å². The van der Waals surface area contributed by atoms with Crippen molar-refractivity contribution in [3.05, 3.63) is 52.0 Å². The smallest absolute Gasteiger partial charge is 0.261 e. The monoisotopic (exact) mass is 336 g/mol. The van der Waals surface area contributed by atoms with E-state index in [0.717, 1.165) is 10.4 Å². The van der Waals surface area contributed by atoms with Crippen molar-refractivity contribution in [1.82, 2.24) is 9.97 Å². The van der Waals surface area contributed by atoms with Crippen LogP contribution in [0.25, 0.3) is 10.9 Å². The highest BCUT2D eigenvalue weighted by Gasteiger charge is 2.35. The second kappa shape index (κ2) is 5.96. The summed E-state index contributed by atoms with van der Waals surface area (Å²) in [5, 5.41) is 6.38. The molecule has 8 heteroatoms. The molecule has 2 heterocycles. The fourth-order valence-corrected chi connectivity index (χ4v) is 2.74. The fraction of sp³-hybridized carbons (Fsp3) is 0.133. The minimum atomic E-state index is -4.62. The minimum absolute atomic E-state index is 0.0217. The van der Waals surface area contributed by atoms with Crippen LogP contribution in [-0.4, -0.2) is 16.2 Å². The molecular formula is C15H11F3N4S. The molecule has 0 spiro atoms. The van der Waals surface area contributed by atoms with Crippen LogP contribution in [0.2, 0.25) is 0 Å². The molecule has 0 aliphatic carbocycles. The molecule has 0 saturated carbocycles. The van der Waals surface area contributed by atoms with E-state index in [9.17, 15) is 13.2 Å². The van der Waals surface area contributed by atoms with E-state index in [1.807, 2.05) is 18.4 Å². The molecule has 1 aromatic carbocycles. The van der Waals surface area contributed by atoms with Gasteiger partial charge < -0.3 is 0 Å². The minimum Gasteiger partial charge on any atom is -0.261 e. The molecular weight excluding hydrogens is 325 g/mol. The van der Waals surface area contributed by atoms with Gasteiger partial charge in [-0.2, -0.15) is 18.3 Å². The number of para-hydroxylation sites is 1. The predicted octanol–water partition coefficient (Wildman–Crippen LogP) is 4.46. The van der Waals surface area contributed by atoms with Crippen molar-refractivity contribution in [2.24, 2.45) is 5.10 Å². The van der Waals surface area contributed by atoms with E-state index in [-0.39, 0.29) is 11.3 Å². The molecule has 0 fully saturated rings. The Morgan fingerprint density at radius 2 is 1.96 bits per heavy atom. The molecule has 2 aromatic heterocycles. The molecule has 4 nitrogen and oxygen atoms in total. The molecule has 0 bridgehead atoms. The van der Waals surface area contributed by atoms with Crippen molar-refractivity contribution in [2.45, 2.75) is 13.1 Å². The quantitative estimate of drug-likeness (QED) is 0.567. The SMILES string of the molecule is Cc1ccsc1C=NNc1nc(C(F)(F)F)nc2ccccc12. The average molecular weight is 336 g/mol. The summed E-state index contributed by atoms with van der Waals surface area (Å²) in [7, 11) is 0. The molecule has 3 rings (SSSR count). The molecule has 0 aliphatic rings. The van der Waals surface area contributed by atoms with Gasteiger partial charge in [-0.05, 0) is 36.1 Å². The first-order valence-corrected chi connectivity index (χ1v) is 7.50. The average Bonchev–Trinajstić information content (AvgIpc) is 2.91. The van der Waals surface area contributed by atoms with Crippen LogP contribution >= 0.6 is 11.3 Å². The first kappa shape index (κ1) is 15.4. The number of hydrogen-bond donors (Lipinski definition) is 1. The maximum absolute atomic E-state index is 12.9. The number of rotatable bonds is 3. The summed E-state index contributed by atoms with van der Waals surface area (Å²) in [6.45, 7) is 1.93. The molecule has 0 saturated heterocycles. The number of hydrazone groups is 1. The molecule has 0 unspecified atom stereocenters. The maximum Gasteiger partial charge on any atom is 0.451 e. The van der Waals surface area contributed by atoms with Crippen molar-refractivity contribution < 1.29 is 13.2 Å². The summed E-state index contributed by atoms with van der Waals surface area (Å²) >= 11 is 1.49. The van der Waals surface area contributed by atoms with Gasteiger partial charge in [0, 0.05) is 10.3 Å². The van der Waals surface area contributed by atoms with Gasteiger partial charge in [-0.1, -0.05) is 12.1 Å². The summed E-state index contributed by atoms with van der Waals surface area (Å²) in [5.74, 6) is -1.17. The number of anilines is 1. The third kappa shape index (κ3) is 3.31. The number of nitrogens with zero attached hydrogens (tertiary/aromatic N) is 3. The number of aryl methyl sites for hydroxylation is 1. The van der Waals surface area contributed by atoms with Crippen molar-refractivity contribution in [3.8, 4) is 0 Å². The Labute approximate surface area is 133 Å². The van der Waals surface area contributed by atoms with Crippen LogP contribution in [0.15, 0.2) is 40.8 Å². The summed E-state index contributed by atoms with van der Waals surface area (Å²) in [6, 6.07) is 8.41. The lowest BCUT2D eigenvalue weighted by molar-refractivity contribution is -0.144. The van der Waals surface area contributed by atoms with Gasteiger partial charge in [-0.15, -0.1) is 11.3 Å². The van der Waals surface area contributed by atoms with Gasteiger partial charge in [0.05, 0.1) is 11.7 Å².